The molecule has 0 saturated heterocycles. The van der Waals surface area contributed by atoms with E-state index in [1.54, 1.807) is 42.5 Å². The van der Waals surface area contributed by atoms with E-state index in [1.807, 2.05) is 19.9 Å². The predicted octanol–water partition coefficient (Wildman–Crippen LogP) is 3.83. The molecule has 0 aliphatic heterocycles. The highest BCUT2D eigenvalue weighted by Crippen LogP contribution is 2.24. The minimum atomic E-state index is -3.51. The Labute approximate surface area is 160 Å². The van der Waals surface area contributed by atoms with Crippen LogP contribution in [0.4, 0.5) is 5.69 Å². The van der Waals surface area contributed by atoms with Crippen molar-refractivity contribution in [2.45, 2.75) is 32.9 Å². The first kappa shape index (κ1) is 20.3. The molecule has 0 aromatic heterocycles. The van der Waals surface area contributed by atoms with Gasteiger partial charge < -0.3 is 5.32 Å². The van der Waals surface area contributed by atoms with Gasteiger partial charge in [0.1, 0.15) is 0 Å². The minimum Gasteiger partial charge on any atom is -0.350 e. The lowest BCUT2D eigenvalue weighted by atomic mass is 10.1. The largest absolute Gasteiger partial charge is 0.350 e. The SMILES string of the molecule is CC[C@@H](C)NC(=O)c1ccc(N(Cc2ccccc2Cl)S(C)(=O)=O)cc1. The van der Waals surface area contributed by atoms with Crippen molar-refractivity contribution >= 4 is 33.2 Å². The number of hydrogen-bond donors (Lipinski definition) is 1. The van der Waals surface area contributed by atoms with Crippen LogP contribution in [-0.2, 0) is 16.6 Å². The second kappa shape index (κ2) is 8.56. The maximum Gasteiger partial charge on any atom is 0.251 e. The average Bonchev–Trinajstić information content (AvgIpc) is 2.60. The van der Waals surface area contributed by atoms with Crippen molar-refractivity contribution in [3.05, 3.63) is 64.7 Å². The van der Waals surface area contributed by atoms with E-state index < -0.39 is 10.0 Å². The van der Waals surface area contributed by atoms with Crippen LogP contribution in [0.2, 0.25) is 5.02 Å². The van der Waals surface area contributed by atoms with Gasteiger partial charge in [0, 0.05) is 16.6 Å². The van der Waals surface area contributed by atoms with Gasteiger partial charge in [-0.3, -0.25) is 9.10 Å². The van der Waals surface area contributed by atoms with Gasteiger partial charge >= 0.3 is 0 Å². The molecule has 0 aliphatic rings. The predicted molar refractivity (Wildman–Crippen MR) is 106 cm³/mol. The Hall–Kier alpha value is -2.05. The Morgan fingerprint density at radius 2 is 1.77 bits per heavy atom. The molecule has 0 spiro atoms. The molecule has 1 N–H and O–H groups in total. The van der Waals surface area contributed by atoms with Crippen LogP contribution in [-0.4, -0.2) is 26.6 Å². The number of benzene rings is 2. The van der Waals surface area contributed by atoms with Crippen LogP contribution < -0.4 is 9.62 Å². The van der Waals surface area contributed by atoms with Gasteiger partial charge in [0.25, 0.3) is 5.91 Å². The summed E-state index contributed by atoms with van der Waals surface area (Å²) in [5.41, 5.74) is 1.67. The Balaban J connectivity index is 2.27. The van der Waals surface area contributed by atoms with Gasteiger partial charge in [-0.1, -0.05) is 36.7 Å². The third kappa shape index (κ3) is 5.22. The summed E-state index contributed by atoms with van der Waals surface area (Å²) in [5.74, 6) is -0.178. The number of nitrogens with zero attached hydrogens (tertiary/aromatic N) is 1. The molecule has 1 atom stereocenters. The highest BCUT2D eigenvalue weighted by atomic mass is 35.5. The van der Waals surface area contributed by atoms with E-state index in [1.165, 1.54) is 4.31 Å². The maximum atomic E-state index is 12.3. The van der Waals surface area contributed by atoms with E-state index in [4.69, 9.17) is 11.6 Å². The highest BCUT2D eigenvalue weighted by Gasteiger charge is 2.19. The van der Waals surface area contributed by atoms with E-state index in [9.17, 15) is 13.2 Å². The molecule has 0 heterocycles. The summed E-state index contributed by atoms with van der Waals surface area (Å²) in [6, 6.07) is 13.7. The lowest BCUT2D eigenvalue weighted by Gasteiger charge is -2.23. The molecule has 0 radical (unpaired) electrons. The van der Waals surface area contributed by atoms with Crippen LogP contribution in [0.5, 0.6) is 0 Å². The summed E-state index contributed by atoms with van der Waals surface area (Å²) >= 11 is 6.16. The summed E-state index contributed by atoms with van der Waals surface area (Å²) in [5, 5.41) is 3.39. The summed E-state index contributed by atoms with van der Waals surface area (Å²) in [4.78, 5) is 12.2. The lowest BCUT2D eigenvalue weighted by Crippen LogP contribution is -2.32. The summed E-state index contributed by atoms with van der Waals surface area (Å²) in [6.07, 6.45) is 1.98. The van der Waals surface area contributed by atoms with E-state index in [0.29, 0.717) is 21.8 Å². The van der Waals surface area contributed by atoms with Gasteiger partial charge in [-0.2, -0.15) is 0 Å². The molecule has 2 aromatic carbocycles. The standard InChI is InChI=1S/C19H23ClN2O3S/c1-4-14(2)21-19(23)15-9-11-17(12-10-15)22(26(3,24)25)13-16-7-5-6-8-18(16)20/h5-12,14H,4,13H2,1-3H3,(H,21,23)/t14-/m1/s1. The Kier molecular flexibility index (Phi) is 6.67. The number of halogens is 1. The number of nitrogens with one attached hydrogen (secondary N) is 1. The van der Waals surface area contributed by atoms with Crippen LogP contribution in [0.15, 0.2) is 48.5 Å². The zero-order valence-corrected chi connectivity index (χ0v) is 16.6. The summed E-state index contributed by atoms with van der Waals surface area (Å²) in [6.45, 7) is 4.05. The summed E-state index contributed by atoms with van der Waals surface area (Å²) in [7, 11) is -3.51. The van der Waals surface area contributed by atoms with E-state index in [-0.39, 0.29) is 18.5 Å². The van der Waals surface area contributed by atoms with Crippen LogP contribution in [0.3, 0.4) is 0 Å². The van der Waals surface area contributed by atoms with Gasteiger partial charge in [-0.05, 0) is 49.2 Å². The first-order valence-corrected chi connectivity index (χ1v) is 10.6. The Bertz CT molecular complexity index is 867. The van der Waals surface area contributed by atoms with Crippen molar-refractivity contribution in [2.75, 3.05) is 10.6 Å². The molecule has 0 fully saturated rings. The van der Waals surface area contributed by atoms with Gasteiger partial charge in [-0.15, -0.1) is 0 Å². The molecule has 0 aliphatic carbocycles. The van der Waals surface area contributed by atoms with Gasteiger partial charge in [0.05, 0.1) is 18.5 Å². The minimum absolute atomic E-state index is 0.0786. The molecule has 0 bridgehead atoms. The van der Waals surface area contributed by atoms with Crippen LogP contribution in [0.1, 0.15) is 36.2 Å². The smallest absolute Gasteiger partial charge is 0.251 e. The monoisotopic (exact) mass is 394 g/mol. The van der Waals surface area contributed by atoms with Gasteiger partial charge in [-0.25, -0.2) is 8.42 Å². The molecular formula is C19H23ClN2O3S. The third-order valence-corrected chi connectivity index (χ3v) is 5.59. The fraction of sp³-hybridized carbons (Fsp3) is 0.316. The van der Waals surface area contributed by atoms with Crippen LogP contribution in [0, 0.1) is 0 Å². The second-order valence-electron chi connectivity index (χ2n) is 6.19. The van der Waals surface area contributed by atoms with Crippen molar-refractivity contribution in [1.82, 2.24) is 5.32 Å². The van der Waals surface area contributed by atoms with Crippen molar-refractivity contribution in [3.8, 4) is 0 Å². The van der Waals surface area contributed by atoms with Crippen LogP contribution in [0.25, 0.3) is 0 Å². The van der Waals surface area contributed by atoms with E-state index in [2.05, 4.69) is 5.32 Å². The first-order valence-electron chi connectivity index (χ1n) is 8.34. The van der Waals surface area contributed by atoms with Crippen molar-refractivity contribution in [1.29, 1.82) is 0 Å². The molecule has 2 rings (SSSR count). The molecule has 2 aromatic rings. The quantitative estimate of drug-likeness (QED) is 0.775. The van der Waals surface area contributed by atoms with E-state index in [0.717, 1.165) is 12.7 Å². The number of carbonyl (C=O) groups excluding carboxylic acids is 1. The summed E-state index contributed by atoms with van der Waals surface area (Å²) < 4.78 is 25.8. The molecule has 0 saturated carbocycles. The molecule has 1 amide bonds. The topological polar surface area (TPSA) is 66.5 Å². The number of anilines is 1. The zero-order valence-electron chi connectivity index (χ0n) is 15.1. The fourth-order valence-electron chi connectivity index (χ4n) is 2.37. The second-order valence-corrected chi connectivity index (χ2v) is 8.50. The van der Waals surface area contributed by atoms with Crippen molar-refractivity contribution in [3.63, 3.8) is 0 Å². The number of sulfonamides is 1. The highest BCUT2D eigenvalue weighted by molar-refractivity contribution is 7.92. The zero-order chi connectivity index (χ0) is 19.3. The molecule has 26 heavy (non-hydrogen) atoms. The maximum absolute atomic E-state index is 12.3. The fourth-order valence-corrected chi connectivity index (χ4v) is 3.44. The van der Waals surface area contributed by atoms with Crippen molar-refractivity contribution < 1.29 is 13.2 Å². The first-order chi connectivity index (χ1) is 12.2. The number of amides is 1. The number of rotatable bonds is 7. The molecule has 0 unspecified atom stereocenters. The number of hydrogen-bond acceptors (Lipinski definition) is 3. The molecule has 7 heteroatoms. The number of carbonyl (C=O) groups is 1. The normalized spacial score (nSPS) is 12.5. The van der Waals surface area contributed by atoms with Gasteiger partial charge in [0.15, 0.2) is 0 Å². The average molecular weight is 395 g/mol. The molecule has 140 valence electrons. The lowest BCUT2D eigenvalue weighted by molar-refractivity contribution is 0.0939. The van der Waals surface area contributed by atoms with Gasteiger partial charge in [0.2, 0.25) is 10.0 Å². The third-order valence-electron chi connectivity index (χ3n) is 4.08. The molecule has 5 nitrogen and oxygen atoms in total. The van der Waals surface area contributed by atoms with E-state index >= 15 is 0 Å². The Morgan fingerprint density at radius 1 is 1.15 bits per heavy atom. The Morgan fingerprint density at radius 3 is 2.31 bits per heavy atom. The molecular weight excluding hydrogens is 372 g/mol. The van der Waals surface area contributed by atoms with Crippen LogP contribution >= 0.6 is 11.6 Å². The van der Waals surface area contributed by atoms with Crippen molar-refractivity contribution in [2.24, 2.45) is 0 Å².